The molecule has 0 aromatic heterocycles. The minimum absolute atomic E-state index is 0.00791. The van der Waals surface area contributed by atoms with E-state index in [4.69, 9.17) is 0 Å². The fourth-order valence-electron chi connectivity index (χ4n) is 3.99. The second kappa shape index (κ2) is 7.69. The Kier molecular flexibility index (Phi) is 5.12. The van der Waals surface area contributed by atoms with Crippen molar-refractivity contribution >= 4 is 17.3 Å². The molecule has 0 bridgehead atoms. The summed E-state index contributed by atoms with van der Waals surface area (Å²) >= 11 is 0. The molecule has 1 aliphatic heterocycles. The minimum Gasteiger partial charge on any atom is -0.367 e. The van der Waals surface area contributed by atoms with Crippen LogP contribution in [0.5, 0.6) is 0 Å². The molecule has 5 heteroatoms. The van der Waals surface area contributed by atoms with Gasteiger partial charge in [0, 0.05) is 32.1 Å². The number of rotatable bonds is 5. The molecule has 2 atom stereocenters. The van der Waals surface area contributed by atoms with E-state index >= 15 is 0 Å². The van der Waals surface area contributed by atoms with Crippen molar-refractivity contribution in [3.63, 3.8) is 0 Å². The van der Waals surface area contributed by atoms with E-state index in [0.717, 1.165) is 44.1 Å². The number of hydrogen-bond donors (Lipinski definition) is 1. The molecule has 1 saturated carbocycles. The Hall–Kier alpha value is -2.40. The van der Waals surface area contributed by atoms with E-state index in [1.54, 1.807) is 12.1 Å². The summed E-state index contributed by atoms with van der Waals surface area (Å²) < 4.78 is 14.0. The molecule has 1 aliphatic carbocycles. The maximum atomic E-state index is 14.0. The van der Waals surface area contributed by atoms with Crippen LogP contribution < -0.4 is 10.2 Å². The van der Waals surface area contributed by atoms with Gasteiger partial charge in [-0.15, -0.1) is 0 Å². The van der Waals surface area contributed by atoms with Crippen LogP contribution in [0.3, 0.4) is 0 Å². The maximum absolute atomic E-state index is 14.0. The van der Waals surface area contributed by atoms with Crippen LogP contribution in [-0.4, -0.2) is 43.5 Å². The molecule has 1 saturated heterocycles. The molecule has 2 fully saturated rings. The van der Waals surface area contributed by atoms with Crippen molar-refractivity contribution in [3.8, 4) is 0 Å². The van der Waals surface area contributed by atoms with Crippen LogP contribution in [0.4, 0.5) is 15.8 Å². The number of likely N-dealkylation sites (N-methyl/N-ethyl adjacent to an activating group) is 1. The third-order valence-corrected chi connectivity index (χ3v) is 5.75. The van der Waals surface area contributed by atoms with Gasteiger partial charge in [0.15, 0.2) is 0 Å². The molecule has 1 amide bonds. The second-order valence-corrected chi connectivity index (χ2v) is 7.40. The zero-order chi connectivity index (χ0) is 18.8. The highest BCUT2D eigenvalue weighted by Gasteiger charge is 2.45. The number of para-hydroxylation sites is 2. The lowest BCUT2D eigenvalue weighted by atomic mass is 10.1. The molecule has 142 valence electrons. The molecule has 2 aliphatic rings. The molecule has 1 heterocycles. The van der Waals surface area contributed by atoms with Gasteiger partial charge in [-0.2, -0.15) is 0 Å². The molecular formula is C22H26FN3O. The summed E-state index contributed by atoms with van der Waals surface area (Å²) in [4.78, 5) is 17.5. The van der Waals surface area contributed by atoms with Crippen LogP contribution >= 0.6 is 0 Å². The third-order valence-electron chi connectivity index (χ3n) is 5.75. The zero-order valence-corrected chi connectivity index (χ0v) is 15.7. The monoisotopic (exact) mass is 367 g/mol. The van der Waals surface area contributed by atoms with Crippen LogP contribution in [0, 0.1) is 11.7 Å². The topological polar surface area (TPSA) is 35.6 Å². The molecule has 4 nitrogen and oxygen atoms in total. The Morgan fingerprint density at radius 3 is 2.52 bits per heavy atom. The molecule has 2 aromatic carbocycles. The molecule has 27 heavy (non-hydrogen) atoms. The van der Waals surface area contributed by atoms with E-state index in [0.29, 0.717) is 12.0 Å². The average molecular weight is 367 g/mol. The average Bonchev–Trinajstić information content (AvgIpc) is 3.50. The van der Waals surface area contributed by atoms with Gasteiger partial charge in [-0.25, -0.2) is 4.39 Å². The van der Waals surface area contributed by atoms with Crippen molar-refractivity contribution in [2.24, 2.45) is 5.92 Å². The van der Waals surface area contributed by atoms with Crippen LogP contribution in [0.1, 0.15) is 24.8 Å². The van der Waals surface area contributed by atoms with Crippen molar-refractivity contribution in [1.82, 2.24) is 4.90 Å². The van der Waals surface area contributed by atoms with Gasteiger partial charge in [-0.3, -0.25) is 4.79 Å². The molecule has 0 radical (unpaired) electrons. The summed E-state index contributed by atoms with van der Waals surface area (Å²) in [7, 11) is 0. The van der Waals surface area contributed by atoms with Gasteiger partial charge in [0.2, 0.25) is 5.91 Å². The van der Waals surface area contributed by atoms with Gasteiger partial charge in [-0.05, 0) is 42.6 Å². The fraction of sp³-hybridized carbons (Fsp3) is 0.409. The standard InChI is InChI=1S/C22H26FN3O/c1-2-25-11-13-26(14-12-25)21-10-6-5-9-20(21)24-22(27)18-15-17(18)16-7-3-4-8-19(16)23/h3-10,17-18H,2,11-15H2,1H3,(H,24,27). The molecule has 0 spiro atoms. The van der Waals surface area contributed by atoms with Crippen molar-refractivity contribution < 1.29 is 9.18 Å². The summed E-state index contributed by atoms with van der Waals surface area (Å²) in [6.45, 7) is 7.26. The number of carbonyl (C=O) groups excluding carboxylic acids is 1. The van der Waals surface area contributed by atoms with Crippen molar-refractivity contribution in [2.75, 3.05) is 42.9 Å². The Labute approximate surface area is 160 Å². The highest BCUT2D eigenvalue weighted by Crippen LogP contribution is 2.49. The van der Waals surface area contributed by atoms with Crippen molar-refractivity contribution in [2.45, 2.75) is 19.3 Å². The van der Waals surface area contributed by atoms with Crippen molar-refractivity contribution in [1.29, 1.82) is 0 Å². The lowest BCUT2D eigenvalue weighted by molar-refractivity contribution is -0.117. The van der Waals surface area contributed by atoms with E-state index in [1.165, 1.54) is 6.07 Å². The van der Waals surface area contributed by atoms with Crippen LogP contribution in [0.2, 0.25) is 0 Å². The molecule has 4 rings (SSSR count). The van der Waals surface area contributed by atoms with E-state index in [-0.39, 0.29) is 23.6 Å². The number of hydrogen-bond acceptors (Lipinski definition) is 3. The maximum Gasteiger partial charge on any atom is 0.228 e. The molecule has 2 unspecified atom stereocenters. The molecule has 2 aromatic rings. The minimum atomic E-state index is -0.216. The summed E-state index contributed by atoms with van der Waals surface area (Å²) in [5.74, 6) is -0.381. The molecule has 1 N–H and O–H groups in total. The Morgan fingerprint density at radius 1 is 1.07 bits per heavy atom. The number of carbonyl (C=O) groups is 1. The van der Waals surface area contributed by atoms with Crippen LogP contribution in [0.15, 0.2) is 48.5 Å². The lowest BCUT2D eigenvalue weighted by Crippen LogP contribution is -2.46. The first-order chi connectivity index (χ1) is 13.2. The second-order valence-electron chi connectivity index (χ2n) is 7.40. The van der Waals surface area contributed by atoms with Gasteiger partial charge in [-0.1, -0.05) is 37.3 Å². The van der Waals surface area contributed by atoms with Gasteiger partial charge in [0.1, 0.15) is 5.82 Å². The smallest absolute Gasteiger partial charge is 0.228 e. The lowest BCUT2D eigenvalue weighted by Gasteiger charge is -2.36. The number of halogens is 1. The first-order valence-corrected chi connectivity index (χ1v) is 9.79. The number of nitrogens with zero attached hydrogens (tertiary/aromatic N) is 2. The van der Waals surface area contributed by atoms with Crippen LogP contribution in [-0.2, 0) is 4.79 Å². The Balaban J connectivity index is 1.43. The van der Waals surface area contributed by atoms with E-state index in [1.807, 2.05) is 24.3 Å². The summed E-state index contributed by atoms with van der Waals surface area (Å²) in [6, 6.07) is 14.8. The number of anilines is 2. The van der Waals surface area contributed by atoms with Gasteiger partial charge >= 0.3 is 0 Å². The Morgan fingerprint density at radius 2 is 1.78 bits per heavy atom. The highest BCUT2D eigenvalue weighted by molar-refractivity contribution is 5.98. The zero-order valence-electron chi connectivity index (χ0n) is 15.7. The fourth-order valence-corrected chi connectivity index (χ4v) is 3.99. The molecular weight excluding hydrogens is 341 g/mol. The predicted octanol–water partition coefficient (Wildman–Crippen LogP) is 3.71. The van der Waals surface area contributed by atoms with Gasteiger partial charge in [0.25, 0.3) is 0 Å². The summed E-state index contributed by atoms with van der Waals surface area (Å²) in [5.41, 5.74) is 2.58. The van der Waals surface area contributed by atoms with E-state index in [2.05, 4.69) is 28.1 Å². The Bertz CT molecular complexity index is 817. The van der Waals surface area contributed by atoms with E-state index in [9.17, 15) is 9.18 Å². The van der Waals surface area contributed by atoms with E-state index < -0.39 is 0 Å². The first kappa shape index (κ1) is 18.0. The number of piperazine rings is 1. The quantitative estimate of drug-likeness (QED) is 0.875. The highest BCUT2D eigenvalue weighted by atomic mass is 19.1. The van der Waals surface area contributed by atoms with Crippen molar-refractivity contribution in [3.05, 3.63) is 59.9 Å². The summed E-state index contributed by atoms with van der Waals surface area (Å²) in [6.07, 6.45) is 0.712. The SMILES string of the molecule is CCN1CCN(c2ccccc2NC(=O)C2CC2c2ccccc2F)CC1. The number of benzene rings is 2. The largest absolute Gasteiger partial charge is 0.367 e. The first-order valence-electron chi connectivity index (χ1n) is 9.79. The predicted molar refractivity (Wildman–Crippen MR) is 107 cm³/mol. The van der Waals surface area contributed by atoms with Gasteiger partial charge in [0.05, 0.1) is 11.4 Å². The van der Waals surface area contributed by atoms with Gasteiger partial charge < -0.3 is 15.1 Å². The third kappa shape index (κ3) is 3.83. The number of nitrogens with one attached hydrogen (secondary N) is 1. The normalized spacial score (nSPS) is 22.5. The number of amides is 1. The van der Waals surface area contributed by atoms with Crippen LogP contribution in [0.25, 0.3) is 0 Å². The summed E-state index contributed by atoms with van der Waals surface area (Å²) in [5, 5.41) is 3.10.